The summed E-state index contributed by atoms with van der Waals surface area (Å²) in [4.78, 5) is 24.3. The average Bonchev–Trinajstić information content (AvgIpc) is 3.35. The number of ether oxygens (including phenoxy) is 1. The monoisotopic (exact) mass is 736 g/mol. The van der Waals surface area contributed by atoms with Crippen LogP contribution in [0.5, 0.6) is 5.75 Å². The molecule has 1 heterocycles. The number of nitrogens with one attached hydrogen (secondary N) is 1. The zero-order valence-electron chi connectivity index (χ0n) is 29.7. The largest absolute Gasteiger partial charge is 0.489 e. The quantitative estimate of drug-likeness (QED) is 0.0550. The summed E-state index contributed by atoms with van der Waals surface area (Å²) in [6, 6.07) is 9.38. The molecular formula is C35H52N4O9S2. The van der Waals surface area contributed by atoms with Gasteiger partial charge >= 0.3 is 0 Å². The summed E-state index contributed by atoms with van der Waals surface area (Å²) < 4.78 is 65.0. The van der Waals surface area contributed by atoms with Crippen LogP contribution in [-0.4, -0.2) is 50.7 Å². The third kappa shape index (κ3) is 12.6. The molecule has 0 bridgehead atoms. The highest BCUT2D eigenvalue weighted by Gasteiger charge is 2.28. The Balaban J connectivity index is 1.54. The van der Waals surface area contributed by atoms with Crippen molar-refractivity contribution in [1.29, 1.82) is 0 Å². The first-order valence-electron chi connectivity index (χ1n) is 17.4. The number of rotatable bonds is 24. The minimum Gasteiger partial charge on any atom is -0.489 e. The van der Waals surface area contributed by atoms with E-state index < -0.39 is 36.2 Å². The summed E-state index contributed by atoms with van der Waals surface area (Å²) in [6.45, 7) is 3.79. The van der Waals surface area contributed by atoms with Crippen LogP contribution in [0.1, 0.15) is 108 Å². The van der Waals surface area contributed by atoms with Gasteiger partial charge in [0.1, 0.15) is 18.1 Å². The van der Waals surface area contributed by atoms with Gasteiger partial charge in [0.25, 0.3) is 11.2 Å². The van der Waals surface area contributed by atoms with Gasteiger partial charge in [-0.3, -0.25) is 19.6 Å². The molecular weight excluding hydrogens is 685 g/mol. The van der Waals surface area contributed by atoms with Crippen LogP contribution >= 0.6 is 0 Å². The van der Waals surface area contributed by atoms with E-state index >= 15 is 0 Å². The highest BCUT2D eigenvalue weighted by Crippen LogP contribution is 2.28. The zero-order chi connectivity index (χ0) is 36.7. The molecule has 3 aromatic rings. The molecule has 0 aliphatic carbocycles. The first kappa shape index (κ1) is 40.7. The lowest BCUT2D eigenvalue weighted by Gasteiger charge is -2.17. The molecule has 0 spiro atoms. The van der Waals surface area contributed by atoms with Crippen molar-refractivity contribution in [3.8, 4) is 11.4 Å². The van der Waals surface area contributed by atoms with Crippen LogP contribution in [0.3, 0.4) is 0 Å². The predicted octanol–water partition coefficient (Wildman–Crippen LogP) is 7.70. The summed E-state index contributed by atoms with van der Waals surface area (Å²) in [5.41, 5.74) is -1.10. The Kier molecular flexibility index (Phi) is 16.0. The van der Waals surface area contributed by atoms with Crippen LogP contribution in [0, 0.1) is 17.0 Å². The van der Waals surface area contributed by atoms with E-state index in [-0.39, 0.29) is 35.1 Å². The zero-order valence-corrected chi connectivity index (χ0v) is 31.3. The highest BCUT2D eigenvalue weighted by molar-refractivity contribution is 7.92. The molecule has 0 radical (unpaired) electrons. The summed E-state index contributed by atoms with van der Waals surface area (Å²) in [7, 11) is -6.02. The number of anilines is 1. The van der Waals surface area contributed by atoms with E-state index in [9.17, 15) is 31.7 Å². The van der Waals surface area contributed by atoms with Gasteiger partial charge in [-0.1, -0.05) is 90.4 Å². The van der Waals surface area contributed by atoms with E-state index in [1.54, 1.807) is 0 Å². The molecule has 1 aromatic heterocycles. The molecule has 0 saturated heterocycles. The lowest BCUT2D eigenvalue weighted by molar-refractivity contribution is -0.385. The van der Waals surface area contributed by atoms with Crippen molar-refractivity contribution in [2.75, 3.05) is 24.6 Å². The van der Waals surface area contributed by atoms with Crippen molar-refractivity contribution in [3.05, 3.63) is 74.3 Å². The van der Waals surface area contributed by atoms with Crippen molar-refractivity contribution in [1.82, 2.24) is 9.05 Å². The molecule has 0 unspecified atom stereocenters. The molecule has 0 fully saturated rings. The fraction of sp³-hybridized carbons (Fsp3) is 0.571. The second-order valence-electron chi connectivity index (χ2n) is 12.7. The van der Waals surface area contributed by atoms with Gasteiger partial charge in [-0.2, -0.15) is 0 Å². The fourth-order valence-corrected chi connectivity index (χ4v) is 7.42. The molecule has 3 rings (SSSR count). The summed E-state index contributed by atoms with van der Waals surface area (Å²) in [5.74, 6) is 0.499. The number of sulfonamides is 2. The Morgan fingerprint density at radius 1 is 0.860 bits per heavy atom. The molecule has 50 heavy (non-hydrogen) atoms. The molecule has 1 N–H and O–H groups in total. The maximum atomic E-state index is 13.3. The van der Waals surface area contributed by atoms with Crippen molar-refractivity contribution in [2.45, 2.75) is 115 Å². The Bertz CT molecular complexity index is 1800. The molecule has 0 aliphatic rings. The number of unbranched alkanes of at least 4 members (excludes halogenated alkanes) is 13. The molecule has 15 heteroatoms. The van der Waals surface area contributed by atoms with Gasteiger partial charge in [-0.25, -0.2) is 21.1 Å². The molecule has 0 saturated carbocycles. The third-order valence-corrected chi connectivity index (χ3v) is 11.0. The lowest BCUT2D eigenvalue weighted by Crippen LogP contribution is -2.28. The summed E-state index contributed by atoms with van der Waals surface area (Å²) in [5, 5.41) is 12.1. The maximum Gasteiger partial charge on any atom is 0.297 e. The van der Waals surface area contributed by atoms with Gasteiger partial charge in [-0.05, 0) is 49.7 Å². The molecule has 278 valence electrons. The van der Waals surface area contributed by atoms with Gasteiger partial charge in [-0.15, -0.1) is 4.74 Å². The topological polar surface area (TPSA) is 171 Å². The van der Waals surface area contributed by atoms with E-state index in [1.165, 1.54) is 119 Å². The summed E-state index contributed by atoms with van der Waals surface area (Å²) >= 11 is 0. The number of nitrogens with zero attached hydrogens (tertiary/aromatic N) is 3. The standard InChI is InChI=1S/C35H52N4O9S2/c1-5-6-7-8-9-10-11-12-13-14-15-16-17-18-25-37(3)50(45,46)31-23-24-33(34(26-31)39(41)42)38-35(40)32(28(2)48-38)27-47-30-21-19-29(20-22-30)36-49(4,43)44/h19-24,26,36H,5-18,25,27H2,1-4H3. The SMILES string of the molecule is CCCCCCCCCCCCCCCCN(C)S(=O)(=O)c1ccc(-n2oc(C)c(COc3ccc(NS(C)(=O)=O)cc3)c2=O)c([N+](=O)[O-])c1. The molecule has 0 aliphatic heterocycles. The van der Waals surface area contributed by atoms with E-state index in [0.29, 0.717) is 17.9 Å². The van der Waals surface area contributed by atoms with Gasteiger partial charge in [0.05, 0.1) is 21.6 Å². The van der Waals surface area contributed by atoms with E-state index in [1.807, 2.05) is 0 Å². The Labute approximate surface area is 296 Å². The van der Waals surface area contributed by atoms with Crippen molar-refractivity contribution in [3.63, 3.8) is 0 Å². The van der Waals surface area contributed by atoms with E-state index in [2.05, 4.69) is 11.6 Å². The van der Waals surface area contributed by atoms with Gasteiger partial charge < -0.3 is 9.26 Å². The van der Waals surface area contributed by atoms with Crippen molar-refractivity contribution >= 4 is 31.4 Å². The normalized spacial score (nSPS) is 12.0. The molecule has 0 amide bonds. The van der Waals surface area contributed by atoms with Gasteiger partial charge in [0, 0.05) is 25.3 Å². The van der Waals surface area contributed by atoms with E-state index in [0.717, 1.165) is 36.3 Å². The number of hydrogen-bond donors (Lipinski definition) is 1. The van der Waals surface area contributed by atoms with Crippen LogP contribution in [0.4, 0.5) is 11.4 Å². The van der Waals surface area contributed by atoms with Crippen LogP contribution in [0.2, 0.25) is 0 Å². The molecule has 0 atom stereocenters. The first-order valence-corrected chi connectivity index (χ1v) is 20.8. The second-order valence-corrected chi connectivity index (χ2v) is 16.5. The van der Waals surface area contributed by atoms with Gasteiger partial charge in [0.2, 0.25) is 20.0 Å². The number of benzene rings is 2. The Morgan fingerprint density at radius 3 is 1.92 bits per heavy atom. The number of aryl methyl sites for hydroxylation is 1. The maximum absolute atomic E-state index is 13.3. The smallest absolute Gasteiger partial charge is 0.297 e. The molecule has 13 nitrogen and oxygen atoms in total. The lowest BCUT2D eigenvalue weighted by atomic mass is 10.0. The minimum atomic E-state index is -4.02. The van der Waals surface area contributed by atoms with E-state index in [4.69, 9.17) is 9.26 Å². The predicted molar refractivity (Wildman–Crippen MR) is 195 cm³/mol. The van der Waals surface area contributed by atoms with Crippen LogP contribution in [0.15, 0.2) is 56.7 Å². The third-order valence-electron chi connectivity index (χ3n) is 8.53. The molecule has 2 aromatic carbocycles. The van der Waals surface area contributed by atoms with Crippen molar-refractivity contribution < 1.29 is 31.0 Å². The number of nitro benzene ring substituents is 1. The van der Waals surface area contributed by atoms with Crippen LogP contribution in [0.25, 0.3) is 5.69 Å². The van der Waals surface area contributed by atoms with Gasteiger partial charge in [0.15, 0.2) is 5.69 Å². The second kappa shape index (κ2) is 19.6. The van der Waals surface area contributed by atoms with Crippen molar-refractivity contribution in [2.24, 2.45) is 0 Å². The number of nitro groups is 1. The minimum absolute atomic E-state index is 0.0993. The number of aromatic nitrogens is 1. The summed E-state index contributed by atoms with van der Waals surface area (Å²) in [6.07, 6.45) is 17.7. The fourth-order valence-electron chi connectivity index (χ4n) is 5.63. The Hall–Kier alpha value is -3.69. The first-order chi connectivity index (χ1) is 23.7. The van der Waals surface area contributed by atoms with Crippen LogP contribution < -0.4 is 15.0 Å². The Morgan fingerprint density at radius 2 is 1.40 bits per heavy atom. The number of hydrogen-bond acceptors (Lipinski definition) is 9. The highest BCUT2D eigenvalue weighted by atomic mass is 32.2. The average molecular weight is 737 g/mol. The van der Waals surface area contributed by atoms with Crippen LogP contribution in [-0.2, 0) is 26.7 Å².